The molecule has 4 nitrogen and oxygen atoms in total. The Bertz CT molecular complexity index is 647. The third kappa shape index (κ3) is 4.75. The summed E-state index contributed by atoms with van der Waals surface area (Å²) in [5.74, 6) is 0.607. The fraction of sp³-hybridized carbons (Fsp3) is 0.133. The van der Waals surface area contributed by atoms with E-state index in [-0.39, 0.29) is 12.5 Å². The van der Waals surface area contributed by atoms with Gasteiger partial charge in [-0.3, -0.25) is 4.79 Å². The zero-order chi connectivity index (χ0) is 15.2. The molecule has 0 unspecified atom stereocenters. The Morgan fingerprint density at radius 3 is 2.71 bits per heavy atom. The molecular weight excluding hydrogens is 400 g/mol. The summed E-state index contributed by atoms with van der Waals surface area (Å²) in [5.41, 5.74) is 1.56. The first-order valence-corrected chi connectivity index (χ1v) is 7.80. The summed E-state index contributed by atoms with van der Waals surface area (Å²) in [6.45, 7) is 0.165. The molecular formula is C15H14Br2N2O2. The molecule has 2 rings (SSSR count). The maximum atomic E-state index is 11.9. The average molecular weight is 414 g/mol. The van der Waals surface area contributed by atoms with Gasteiger partial charge < -0.3 is 15.4 Å². The number of halogens is 2. The molecule has 1 amide bonds. The molecule has 0 aliphatic heterocycles. The lowest BCUT2D eigenvalue weighted by Gasteiger charge is -2.11. The number of carbonyl (C=O) groups is 1. The van der Waals surface area contributed by atoms with Gasteiger partial charge in [-0.1, -0.05) is 22.0 Å². The molecule has 0 aliphatic carbocycles. The van der Waals surface area contributed by atoms with E-state index >= 15 is 0 Å². The smallest absolute Gasteiger partial charge is 0.243 e. The van der Waals surface area contributed by atoms with E-state index < -0.39 is 0 Å². The molecule has 0 fully saturated rings. The van der Waals surface area contributed by atoms with Gasteiger partial charge in [0, 0.05) is 20.7 Å². The van der Waals surface area contributed by atoms with Gasteiger partial charge in [0.15, 0.2) is 0 Å². The van der Waals surface area contributed by atoms with Gasteiger partial charge in [0.1, 0.15) is 5.75 Å². The fourth-order valence-electron chi connectivity index (χ4n) is 1.71. The number of nitrogens with one attached hydrogen (secondary N) is 2. The van der Waals surface area contributed by atoms with Crippen LogP contribution in [0.3, 0.4) is 0 Å². The van der Waals surface area contributed by atoms with Crippen LogP contribution in [-0.2, 0) is 4.79 Å². The highest BCUT2D eigenvalue weighted by molar-refractivity contribution is 9.10. The van der Waals surface area contributed by atoms with Crippen LogP contribution in [0.5, 0.6) is 5.75 Å². The molecule has 2 N–H and O–H groups in total. The fourth-order valence-corrected chi connectivity index (χ4v) is 2.50. The number of carbonyl (C=O) groups excluding carboxylic acids is 1. The lowest BCUT2D eigenvalue weighted by atomic mass is 10.3. The van der Waals surface area contributed by atoms with E-state index in [0.717, 1.165) is 26.1 Å². The second kappa shape index (κ2) is 7.47. The van der Waals surface area contributed by atoms with E-state index in [1.807, 2.05) is 42.5 Å². The van der Waals surface area contributed by atoms with Crippen molar-refractivity contribution < 1.29 is 9.53 Å². The highest BCUT2D eigenvalue weighted by Gasteiger charge is 2.06. The summed E-state index contributed by atoms with van der Waals surface area (Å²) in [5, 5.41) is 5.89. The number of methoxy groups -OCH3 is 1. The summed E-state index contributed by atoms with van der Waals surface area (Å²) < 4.78 is 6.95. The maximum Gasteiger partial charge on any atom is 0.243 e. The molecule has 21 heavy (non-hydrogen) atoms. The van der Waals surface area contributed by atoms with E-state index in [4.69, 9.17) is 4.74 Å². The number of benzene rings is 2. The van der Waals surface area contributed by atoms with Crippen molar-refractivity contribution in [3.05, 3.63) is 51.4 Å². The monoisotopic (exact) mass is 412 g/mol. The van der Waals surface area contributed by atoms with E-state index in [0.29, 0.717) is 0 Å². The van der Waals surface area contributed by atoms with Crippen molar-refractivity contribution in [2.24, 2.45) is 0 Å². The maximum absolute atomic E-state index is 11.9. The van der Waals surface area contributed by atoms with Crippen molar-refractivity contribution in [3.63, 3.8) is 0 Å². The van der Waals surface area contributed by atoms with Gasteiger partial charge in [-0.2, -0.15) is 0 Å². The number of anilines is 2. The molecule has 0 radical (unpaired) electrons. The summed E-state index contributed by atoms with van der Waals surface area (Å²) in [4.78, 5) is 11.9. The van der Waals surface area contributed by atoms with Crippen LogP contribution in [0, 0.1) is 0 Å². The molecule has 0 saturated heterocycles. The topological polar surface area (TPSA) is 50.4 Å². The number of rotatable bonds is 5. The van der Waals surface area contributed by atoms with Crippen LogP contribution in [0.2, 0.25) is 0 Å². The Labute approximate surface area is 140 Å². The molecule has 2 aromatic rings. The summed E-state index contributed by atoms with van der Waals surface area (Å²) in [7, 11) is 1.60. The van der Waals surface area contributed by atoms with Crippen molar-refractivity contribution in [2.45, 2.75) is 0 Å². The molecule has 0 bridgehead atoms. The van der Waals surface area contributed by atoms with Crippen LogP contribution in [0.4, 0.5) is 11.4 Å². The largest absolute Gasteiger partial charge is 0.497 e. The van der Waals surface area contributed by atoms with Gasteiger partial charge in [0.05, 0.1) is 19.3 Å². The quantitative estimate of drug-likeness (QED) is 0.769. The zero-order valence-corrected chi connectivity index (χ0v) is 14.5. The standard InChI is InChI=1S/C15H14Br2N2O2/c1-21-12-5-6-13(17)14(8-12)18-9-15(20)19-11-4-2-3-10(16)7-11/h2-8,18H,9H2,1H3,(H,19,20). The molecule has 0 saturated carbocycles. The first-order valence-electron chi connectivity index (χ1n) is 6.21. The number of hydrogen-bond acceptors (Lipinski definition) is 3. The number of hydrogen-bond donors (Lipinski definition) is 2. The van der Waals surface area contributed by atoms with E-state index in [2.05, 4.69) is 42.5 Å². The van der Waals surface area contributed by atoms with E-state index in [1.165, 1.54) is 0 Å². The highest BCUT2D eigenvalue weighted by Crippen LogP contribution is 2.26. The molecule has 0 aliphatic rings. The second-order valence-corrected chi connectivity index (χ2v) is 6.03. The van der Waals surface area contributed by atoms with Crippen molar-refractivity contribution in [2.75, 3.05) is 24.3 Å². The summed E-state index contributed by atoms with van der Waals surface area (Å²) >= 11 is 6.80. The minimum Gasteiger partial charge on any atom is -0.497 e. The van der Waals surface area contributed by atoms with Crippen LogP contribution in [0.1, 0.15) is 0 Å². The predicted octanol–water partition coefficient (Wildman–Crippen LogP) is 4.27. The average Bonchev–Trinajstić information content (AvgIpc) is 2.46. The van der Waals surface area contributed by atoms with Gasteiger partial charge in [-0.05, 0) is 46.3 Å². The predicted molar refractivity (Wildman–Crippen MR) is 92.0 cm³/mol. The molecule has 110 valence electrons. The van der Waals surface area contributed by atoms with Crippen LogP contribution < -0.4 is 15.4 Å². The van der Waals surface area contributed by atoms with Gasteiger partial charge >= 0.3 is 0 Å². The van der Waals surface area contributed by atoms with Crippen LogP contribution in [0.15, 0.2) is 51.4 Å². The summed E-state index contributed by atoms with van der Waals surface area (Å²) in [6.07, 6.45) is 0. The first-order chi connectivity index (χ1) is 10.1. The lowest BCUT2D eigenvalue weighted by Crippen LogP contribution is -2.21. The van der Waals surface area contributed by atoms with Crippen LogP contribution in [0.25, 0.3) is 0 Å². The third-order valence-electron chi connectivity index (χ3n) is 2.72. The number of ether oxygens (including phenoxy) is 1. The number of amides is 1. The zero-order valence-electron chi connectivity index (χ0n) is 11.3. The minimum absolute atomic E-state index is 0.122. The molecule has 0 atom stereocenters. The molecule has 6 heteroatoms. The molecule has 0 aromatic heterocycles. The Balaban J connectivity index is 1.95. The van der Waals surface area contributed by atoms with Crippen molar-refractivity contribution >= 4 is 49.1 Å². The van der Waals surface area contributed by atoms with E-state index in [9.17, 15) is 4.79 Å². The summed E-state index contributed by atoms with van der Waals surface area (Å²) in [6, 6.07) is 13.0. The second-order valence-electron chi connectivity index (χ2n) is 4.26. The Hall–Kier alpha value is -1.53. The molecule has 2 aromatic carbocycles. The van der Waals surface area contributed by atoms with Crippen LogP contribution >= 0.6 is 31.9 Å². The normalized spacial score (nSPS) is 10.0. The Kier molecular flexibility index (Phi) is 5.64. The Morgan fingerprint density at radius 2 is 2.00 bits per heavy atom. The first kappa shape index (κ1) is 15.9. The SMILES string of the molecule is COc1ccc(Br)c(NCC(=O)Nc2cccc(Br)c2)c1. The van der Waals surface area contributed by atoms with Gasteiger partial charge in [-0.25, -0.2) is 0 Å². The van der Waals surface area contributed by atoms with Crippen LogP contribution in [-0.4, -0.2) is 19.6 Å². The minimum atomic E-state index is -0.122. The lowest BCUT2D eigenvalue weighted by molar-refractivity contribution is -0.114. The molecule has 0 spiro atoms. The van der Waals surface area contributed by atoms with Gasteiger partial charge in [-0.15, -0.1) is 0 Å². The van der Waals surface area contributed by atoms with Gasteiger partial charge in [0.25, 0.3) is 0 Å². The third-order valence-corrected chi connectivity index (χ3v) is 3.91. The van der Waals surface area contributed by atoms with E-state index in [1.54, 1.807) is 7.11 Å². The highest BCUT2D eigenvalue weighted by atomic mass is 79.9. The van der Waals surface area contributed by atoms with Gasteiger partial charge in [0.2, 0.25) is 5.91 Å². The van der Waals surface area contributed by atoms with Crippen molar-refractivity contribution in [3.8, 4) is 5.75 Å². The molecule has 0 heterocycles. The van der Waals surface area contributed by atoms with Crippen molar-refractivity contribution in [1.82, 2.24) is 0 Å². The Morgan fingerprint density at radius 1 is 1.19 bits per heavy atom. The van der Waals surface area contributed by atoms with Crippen molar-refractivity contribution in [1.29, 1.82) is 0 Å².